The molecule has 0 saturated heterocycles. The summed E-state index contributed by atoms with van der Waals surface area (Å²) >= 11 is 1.24. The molecule has 0 aliphatic carbocycles. The number of carbonyl (C=O) groups is 2. The van der Waals surface area contributed by atoms with E-state index in [4.69, 9.17) is 9.15 Å². The highest BCUT2D eigenvalue weighted by Crippen LogP contribution is 2.30. The Balaban J connectivity index is 1.72. The van der Waals surface area contributed by atoms with Crippen LogP contribution in [0.5, 0.6) is 0 Å². The minimum atomic E-state index is -0.842. The van der Waals surface area contributed by atoms with Gasteiger partial charge in [0.05, 0.1) is 17.4 Å². The highest BCUT2D eigenvalue weighted by molar-refractivity contribution is 7.14. The molecule has 10 heteroatoms. The van der Waals surface area contributed by atoms with Gasteiger partial charge in [-0.3, -0.25) is 19.8 Å². The van der Waals surface area contributed by atoms with E-state index >= 15 is 0 Å². The maximum Gasteiger partial charge on any atom is 0.433 e. The smallest absolute Gasteiger partial charge is 0.433 e. The van der Waals surface area contributed by atoms with E-state index in [9.17, 15) is 19.7 Å². The highest BCUT2D eigenvalue weighted by Gasteiger charge is 2.21. The summed E-state index contributed by atoms with van der Waals surface area (Å²) in [5.41, 5.74) is 3.30. The minimum Gasteiger partial charge on any atom is -0.453 e. The molecule has 150 valence electrons. The van der Waals surface area contributed by atoms with Gasteiger partial charge in [0.15, 0.2) is 5.13 Å². The van der Waals surface area contributed by atoms with Gasteiger partial charge in [-0.05, 0) is 43.2 Å². The monoisotopic (exact) mass is 415 g/mol. The standard InChI is InChI=1S/C19H17N3O6S/c1-11-4-5-15(8-12(11)2)21(13(3)23)19-20-14(10-29-19)9-27-18(24)16-6-7-17(28-16)22(25)26/h4-8,10H,9H2,1-3H3. The molecule has 0 atom stereocenters. The largest absolute Gasteiger partial charge is 0.453 e. The van der Waals surface area contributed by atoms with Crippen molar-refractivity contribution < 1.29 is 23.7 Å². The summed E-state index contributed by atoms with van der Waals surface area (Å²) in [6.45, 7) is 5.23. The number of hydrogen-bond donors (Lipinski definition) is 0. The number of amides is 1. The Morgan fingerprint density at radius 3 is 2.62 bits per heavy atom. The second-order valence-corrected chi connectivity index (χ2v) is 7.05. The molecule has 3 rings (SSSR count). The van der Waals surface area contributed by atoms with Gasteiger partial charge in [0.1, 0.15) is 11.5 Å². The maximum atomic E-state index is 12.2. The highest BCUT2D eigenvalue weighted by atomic mass is 32.1. The lowest BCUT2D eigenvalue weighted by molar-refractivity contribution is -0.402. The third kappa shape index (κ3) is 4.49. The van der Waals surface area contributed by atoms with Crippen molar-refractivity contribution in [2.24, 2.45) is 0 Å². The van der Waals surface area contributed by atoms with Crippen LogP contribution in [-0.4, -0.2) is 21.8 Å². The SMILES string of the molecule is CC(=O)N(c1ccc(C)c(C)c1)c1nc(COC(=O)c2ccc([N+](=O)[O-])o2)cs1. The van der Waals surface area contributed by atoms with E-state index < -0.39 is 16.8 Å². The van der Waals surface area contributed by atoms with Crippen LogP contribution in [0.25, 0.3) is 0 Å². The number of nitro groups is 1. The molecule has 2 heterocycles. The molecule has 3 aromatic rings. The van der Waals surface area contributed by atoms with Gasteiger partial charge in [-0.1, -0.05) is 6.07 Å². The van der Waals surface area contributed by atoms with E-state index in [-0.39, 0.29) is 18.3 Å². The van der Waals surface area contributed by atoms with Crippen LogP contribution in [0.2, 0.25) is 0 Å². The first-order valence-corrected chi connectivity index (χ1v) is 9.38. The number of esters is 1. The topological polar surface area (TPSA) is 116 Å². The number of benzene rings is 1. The molecular formula is C19H17N3O6S. The number of nitrogens with zero attached hydrogens (tertiary/aromatic N) is 3. The first-order valence-electron chi connectivity index (χ1n) is 8.50. The average molecular weight is 415 g/mol. The van der Waals surface area contributed by atoms with Crippen LogP contribution in [0.15, 0.2) is 40.1 Å². The predicted octanol–water partition coefficient (Wildman–Crippen LogP) is 4.30. The van der Waals surface area contributed by atoms with Crippen LogP contribution in [0.1, 0.15) is 34.3 Å². The van der Waals surface area contributed by atoms with Crippen LogP contribution in [0.4, 0.5) is 16.7 Å². The molecule has 29 heavy (non-hydrogen) atoms. The molecule has 0 radical (unpaired) electrons. The summed E-state index contributed by atoms with van der Waals surface area (Å²) in [5.74, 6) is -1.86. The summed E-state index contributed by atoms with van der Waals surface area (Å²) in [4.78, 5) is 39.9. The maximum absolute atomic E-state index is 12.2. The lowest BCUT2D eigenvalue weighted by atomic mass is 10.1. The Kier molecular flexibility index (Phi) is 5.74. The van der Waals surface area contributed by atoms with Crippen LogP contribution in [-0.2, 0) is 16.1 Å². The van der Waals surface area contributed by atoms with E-state index in [1.165, 1.54) is 29.2 Å². The fraction of sp³-hybridized carbons (Fsp3) is 0.211. The first-order chi connectivity index (χ1) is 13.8. The van der Waals surface area contributed by atoms with E-state index in [1.54, 1.807) is 5.38 Å². The Bertz CT molecular complexity index is 1090. The van der Waals surface area contributed by atoms with Gasteiger partial charge in [0.2, 0.25) is 11.7 Å². The fourth-order valence-corrected chi connectivity index (χ4v) is 3.37. The van der Waals surface area contributed by atoms with Gasteiger partial charge in [-0.2, -0.15) is 0 Å². The summed E-state index contributed by atoms with van der Waals surface area (Å²) in [6, 6.07) is 7.92. The molecule has 0 fully saturated rings. The van der Waals surface area contributed by atoms with E-state index in [0.29, 0.717) is 16.5 Å². The first kappa shape index (κ1) is 20.2. The third-order valence-electron chi connectivity index (χ3n) is 4.12. The minimum absolute atomic E-state index is 0.164. The molecular weight excluding hydrogens is 398 g/mol. The molecule has 2 aromatic heterocycles. The predicted molar refractivity (Wildman–Crippen MR) is 105 cm³/mol. The van der Waals surface area contributed by atoms with Gasteiger partial charge < -0.3 is 9.15 Å². The van der Waals surface area contributed by atoms with E-state index in [2.05, 4.69) is 4.98 Å². The lowest BCUT2D eigenvalue weighted by Gasteiger charge is -2.19. The summed E-state index contributed by atoms with van der Waals surface area (Å²) in [7, 11) is 0. The molecule has 0 N–H and O–H groups in total. The van der Waals surface area contributed by atoms with Crippen molar-refractivity contribution in [2.45, 2.75) is 27.4 Å². The van der Waals surface area contributed by atoms with Crippen molar-refractivity contribution in [3.8, 4) is 0 Å². The number of carbonyl (C=O) groups excluding carboxylic acids is 2. The number of hydrogen-bond acceptors (Lipinski definition) is 8. The summed E-state index contributed by atoms with van der Waals surface area (Å²) < 4.78 is 9.89. The van der Waals surface area contributed by atoms with Gasteiger partial charge in [0, 0.05) is 12.3 Å². The lowest BCUT2D eigenvalue weighted by Crippen LogP contribution is -2.22. The molecule has 0 saturated carbocycles. The second-order valence-electron chi connectivity index (χ2n) is 6.22. The molecule has 0 bridgehead atoms. The second kappa shape index (κ2) is 8.23. The molecule has 1 aromatic carbocycles. The van der Waals surface area contributed by atoms with Gasteiger partial charge in [0.25, 0.3) is 0 Å². The molecule has 0 spiro atoms. The number of thiazole rings is 1. The molecule has 0 aliphatic rings. The van der Waals surface area contributed by atoms with Crippen LogP contribution >= 0.6 is 11.3 Å². The molecule has 0 unspecified atom stereocenters. The normalized spacial score (nSPS) is 10.6. The molecule has 1 amide bonds. The Hall–Kier alpha value is -3.53. The molecule has 9 nitrogen and oxygen atoms in total. The van der Waals surface area contributed by atoms with Crippen molar-refractivity contribution in [2.75, 3.05) is 4.90 Å². The number of rotatable bonds is 6. The average Bonchev–Trinajstić information content (AvgIpc) is 3.32. The van der Waals surface area contributed by atoms with Gasteiger partial charge in [-0.25, -0.2) is 9.78 Å². The Morgan fingerprint density at radius 1 is 1.24 bits per heavy atom. The van der Waals surface area contributed by atoms with Gasteiger partial charge >= 0.3 is 11.9 Å². The van der Waals surface area contributed by atoms with Crippen LogP contribution in [0.3, 0.4) is 0 Å². The van der Waals surface area contributed by atoms with Crippen molar-refractivity contribution >= 4 is 39.9 Å². The van der Waals surface area contributed by atoms with Crippen molar-refractivity contribution in [3.05, 3.63) is 68.4 Å². The van der Waals surface area contributed by atoms with Crippen molar-refractivity contribution in [1.82, 2.24) is 4.98 Å². The zero-order valence-corrected chi connectivity index (χ0v) is 16.7. The number of anilines is 2. The van der Waals surface area contributed by atoms with Crippen LogP contribution < -0.4 is 4.90 Å². The number of aromatic nitrogens is 1. The van der Waals surface area contributed by atoms with Crippen molar-refractivity contribution in [3.63, 3.8) is 0 Å². The quantitative estimate of drug-likeness (QED) is 0.335. The fourth-order valence-electron chi connectivity index (χ4n) is 2.50. The number of ether oxygens (including phenoxy) is 1. The van der Waals surface area contributed by atoms with Crippen molar-refractivity contribution in [1.29, 1.82) is 0 Å². The zero-order valence-electron chi connectivity index (χ0n) is 15.9. The zero-order chi connectivity index (χ0) is 21.1. The Labute approximate surface area is 169 Å². The molecule has 0 aliphatic heterocycles. The van der Waals surface area contributed by atoms with E-state index in [1.807, 2.05) is 32.0 Å². The number of furan rings is 1. The van der Waals surface area contributed by atoms with E-state index in [0.717, 1.165) is 17.2 Å². The number of aryl methyl sites for hydroxylation is 2. The Morgan fingerprint density at radius 2 is 2.00 bits per heavy atom. The third-order valence-corrected chi connectivity index (χ3v) is 4.99. The van der Waals surface area contributed by atoms with Crippen LogP contribution in [0, 0.1) is 24.0 Å². The van der Waals surface area contributed by atoms with Gasteiger partial charge in [-0.15, -0.1) is 11.3 Å². The summed E-state index contributed by atoms with van der Waals surface area (Å²) in [5, 5.41) is 12.7. The summed E-state index contributed by atoms with van der Waals surface area (Å²) in [6.07, 6.45) is 0.